The standard InChI is InChI=1S/C19H21N3O4/c23-16(22-15-5-1-3-12-4-2-10-20-17(12)15)11-21-18(24)13-6-8-14(9-7-13)19(25)26/h1-5,10,13-14H,6-9,11H2,(H,21,24)(H,22,23)(H,25,26). The second-order valence-electron chi connectivity index (χ2n) is 6.53. The number of nitrogens with zero attached hydrogens (tertiary/aromatic N) is 1. The third-order valence-corrected chi connectivity index (χ3v) is 4.78. The van der Waals surface area contributed by atoms with Crippen LogP contribution >= 0.6 is 0 Å². The van der Waals surface area contributed by atoms with E-state index in [9.17, 15) is 14.4 Å². The first-order valence-corrected chi connectivity index (χ1v) is 8.68. The molecule has 7 heteroatoms. The first-order chi connectivity index (χ1) is 12.5. The molecule has 0 bridgehead atoms. The van der Waals surface area contributed by atoms with Crippen molar-refractivity contribution in [2.45, 2.75) is 25.7 Å². The predicted molar refractivity (Wildman–Crippen MR) is 96.5 cm³/mol. The summed E-state index contributed by atoms with van der Waals surface area (Å²) in [4.78, 5) is 39.6. The number of carbonyl (C=O) groups is 3. The average molecular weight is 355 g/mol. The van der Waals surface area contributed by atoms with Gasteiger partial charge >= 0.3 is 5.97 Å². The Morgan fingerprint density at radius 3 is 2.46 bits per heavy atom. The fraction of sp³-hybridized carbons (Fsp3) is 0.368. The number of aliphatic carboxylic acids is 1. The van der Waals surface area contributed by atoms with E-state index in [0.29, 0.717) is 36.9 Å². The second-order valence-corrected chi connectivity index (χ2v) is 6.53. The number of pyridine rings is 1. The summed E-state index contributed by atoms with van der Waals surface area (Å²) >= 11 is 0. The molecule has 0 atom stereocenters. The Kier molecular flexibility index (Phi) is 5.46. The van der Waals surface area contributed by atoms with Crippen LogP contribution < -0.4 is 10.6 Å². The molecule has 0 spiro atoms. The predicted octanol–water partition coefficient (Wildman–Crippen LogP) is 2.18. The van der Waals surface area contributed by atoms with E-state index in [1.54, 1.807) is 12.3 Å². The first kappa shape index (κ1) is 17.8. The summed E-state index contributed by atoms with van der Waals surface area (Å²) < 4.78 is 0. The highest BCUT2D eigenvalue weighted by Gasteiger charge is 2.29. The summed E-state index contributed by atoms with van der Waals surface area (Å²) in [6, 6.07) is 9.25. The summed E-state index contributed by atoms with van der Waals surface area (Å²) in [6.07, 6.45) is 3.74. The van der Waals surface area contributed by atoms with Crippen LogP contribution in [0.15, 0.2) is 36.5 Å². The minimum absolute atomic E-state index is 0.124. The highest BCUT2D eigenvalue weighted by Crippen LogP contribution is 2.29. The van der Waals surface area contributed by atoms with Gasteiger partial charge in [0, 0.05) is 17.5 Å². The van der Waals surface area contributed by atoms with Gasteiger partial charge in [-0.2, -0.15) is 0 Å². The van der Waals surface area contributed by atoms with Crippen molar-refractivity contribution < 1.29 is 19.5 Å². The van der Waals surface area contributed by atoms with E-state index < -0.39 is 5.97 Å². The molecule has 3 N–H and O–H groups in total. The molecule has 2 aromatic rings. The van der Waals surface area contributed by atoms with Crippen LogP contribution in [0, 0.1) is 11.8 Å². The number of hydrogen-bond donors (Lipinski definition) is 3. The molecule has 1 aromatic carbocycles. The molecule has 1 heterocycles. The number of hydrogen-bond acceptors (Lipinski definition) is 4. The van der Waals surface area contributed by atoms with Crippen molar-refractivity contribution in [1.82, 2.24) is 10.3 Å². The number of anilines is 1. The maximum atomic E-state index is 12.2. The van der Waals surface area contributed by atoms with Gasteiger partial charge in [0.15, 0.2) is 0 Å². The fourth-order valence-corrected chi connectivity index (χ4v) is 3.31. The van der Waals surface area contributed by atoms with E-state index in [-0.39, 0.29) is 30.2 Å². The molecule has 0 radical (unpaired) electrons. The van der Waals surface area contributed by atoms with Gasteiger partial charge in [0.05, 0.1) is 23.7 Å². The lowest BCUT2D eigenvalue weighted by molar-refractivity contribution is -0.144. The van der Waals surface area contributed by atoms with Gasteiger partial charge in [0.1, 0.15) is 0 Å². The smallest absolute Gasteiger partial charge is 0.306 e. The van der Waals surface area contributed by atoms with Gasteiger partial charge in [0.2, 0.25) is 11.8 Å². The van der Waals surface area contributed by atoms with Crippen LogP contribution in [0.25, 0.3) is 10.9 Å². The number of fused-ring (bicyclic) bond motifs is 1. The molecule has 1 aliphatic rings. The minimum Gasteiger partial charge on any atom is -0.481 e. The average Bonchev–Trinajstić information content (AvgIpc) is 2.66. The van der Waals surface area contributed by atoms with Crippen LogP contribution in [0.1, 0.15) is 25.7 Å². The van der Waals surface area contributed by atoms with E-state index in [1.807, 2.05) is 24.3 Å². The SMILES string of the molecule is O=C(CNC(=O)C1CCC(C(=O)O)CC1)Nc1cccc2cccnc12. The maximum absolute atomic E-state index is 12.2. The van der Waals surface area contributed by atoms with Crippen molar-refractivity contribution in [3.63, 3.8) is 0 Å². The molecule has 136 valence electrons. The summed E-state index contributed by atoms with van der Waals surface area (Å²) in [6.45, 7) is -0.124. The fourth-order valence-electron chi connectivity index (χ4n) is 3.31. The van der Waals surface area contributed by atoms with Crippen molar-refractivity contribution in [1.29, 1.82) is 0 Å². The zero-order valence-electron chi connectivity index (χ0n) is 14.3. The Hall–Kier alpha value is -2.96. The van der Waals surface area contributed by atoms with Gasteiger partial charge in [-0.25, -0.2) is 0 Å². The van der Waals surface area contributed by atoms with E-state index >= 15 is 0 Å². The molecule has 26 heavy (non-hydrogen) atoms. The van der Waals surface area contributed by atoms with Crippen LogP contribution in [0.5, 0.6) is 0 Å². The molecular formula is C19H21N3O4. The third kappa shape index (κ3) is 4.17. The van der Waals surface area contributed by atoms with Crippen LogP contribution in [0.3, 0.4) is 0 Å². The lowest BCUT2D eigenvalue weighted by atomic mass is 9.81. The van der Waals surface area contributed by atoms with E-state index in [0.717, 1.165) is 5.39 Å². The van der Waals surface area contributed by atoms with Crippen molar-refractivity contribution in [2.24, 2.45) is 11.8 Å². The van der Waals surface area contributed by atoms with Gasteiger partial charge in [-0.05, 0) is 37.8 Å². The van der Waals surface area contributed by atoms with E-state index in [2.05, 4.69) is 15.6 Å². The number of carboxylic acid groups (broad SMARTS) is 1. The number of aromatic nitrogens is 1. The monoisotopic (exact) mass is 355 g/mol. The van der Waals surface area contributed by atoms with Gasteiger partial charge in [-0.15, -0.1) is 0 Å². The molecule has 1 aliphatic carbocycles. The molecule has 1 aromatic heterocycles. The molecule has 7 nitrogen and oxygen atoms in total. The number of amides is 2. The zero-order valence-corrected chi connectivity index (χ0v) is 14.3. The summed E-state index contributed by atoms with van der Waals surface area (Å²) in [5.41, 5.74) is 1.30. The number of para-hydroxylation sites is 1. The highest BCUT2D eigenvalue weighted by atomic mass is 16.4. The Morgan fingerprint density at radius 1 is 1.04 bits per heavy atom. The molecule has 0 saturated heterocycles. The van der Waals surface area contributed by atoms with Crippen LogP contribution in [0.4, 0.5) is 5.69 Å². The van der Waals surface area contributed by atoms with Gasteiger partial charge < -0.3 is 15.7 Å². The van der Waals surface area contributed by atoms with Gasteiger partial charge in [-0.3, -0.25) is 19.4 Å². The summed E-state index contributed by atoms with van der Waals surface area (Å²) in [5, 5.41) is 15.3. The van der Waals surface area contributed by atoms with E-state index in [4.69, 9.17) is 5.11 Å². The topological polar surface area (TPSA) is 108 Å². The lowest BCUT2D eigenvalue weighted by Crippen LogP contribution is -2.38. The Balaban J connectivity index is 1.51. The molecule has 0 unspecified atom stereocenters. The number of benzene rings is 1. The quantitative estimate of drug-likeness (QED) is 0.762. The Labute approximate surface area is 150 Å². The van der Waals surface area contributed by atoms with Gasteiger partial charge in [0.25, 0.3) is 0 Å². The van der Waals surface area contributed by atoms with Crippen molar-refractivity contribution >= 4 is 34.4 Å². The minimum atomic E-state index is -0.799. The van der Waals surface area contributed by atoms with Crippen molar-refractivity contribution in [3.8, 4) is 0 Å². The van der Waals surface area contributed by atoms with Crippen LogP contribution in [0.2, 0.25) is 0 Å². The lowest BCUT2D eigenvalue weighted by Gasteiger charge is -2.25. The maximum Gasteiger partial charge on any atom is 0.306 e. The number of rotatable bonds is 5. The third-order valence-electron chi connectivity index (χ3n) is 4.78. The molecule has 3 rings (SSSR count). The zero-order chi connectivity index (χ0) is 18.5. The van der Waals surface area contributed by atoms with E-state index in [1.165, 1.54) is 0 Å². The van der Waals surface area contributed by atoms with Crippen LogP contribution in [-0.2, 0) is 14.4 Å². The second kappa shape index (κ2) is 7.95. The first-order valence-electron chi connectivity index (χ1n) is 8.68. The summed E-state index contributed by atoms with van der Waals surface area (Å²) in [5.74, 6) is -1.90. The number of carboxylic acids is 1. The normalized spacial score (nSPS) is 19.7. The summed E-state index contributed by atoms with van der Waals surface area (Å²) in [7, 11) is 0. The number of carbonyl (C=O) groups excluding carboxylic acids is 2. The van der Waals surface area contributed by atoms with Crippen LogP contribution in [-0.4, -0.2) is 34.4 Å². The Bertz CT molecular complexity index is 823. The van der Waals surface area contributed by atoms with Crippen molar-refractivity contribution in [3.05, 3.63) is 36.5 Å². The van der Waals surface area contributed by atoms with Gasteiger partial charge in [-0.1, -0.05) is 18.2 Å². The molecule has 1 saturated carbocycles. The highest BCUT2D eigenvalue weighted by molar-refractivity contribution is 6.01. The number of nitrogens with one attached hydrogen (secondary N) is 2. The molecule has 0 aliphatic heterocycles. The molecular weight excluding hydrogens is 334 g/mol. The van der Waals surface area contributed by atoms with Crippen molar-refractivity contribution in [2.75, 3.05) is 11.9 Å². The Morgan fingerprint density at radius 2 is 1.73 bits per heavy atom. The largest absolute Gasteiger partial charge is 0.481 e. The molecule has 1 fully saturated rings. The molecule has 2 amide bonds.